The summed E-state index contributed by atoms with van der Waals surface area (Å²) in [5, 5.41) is 10.8. The second-order valence-electron chi connectivity index (χ2n) is 6.76. The zero-order valence-electron chi connectivity index (χ0n) is 17.2. The quantitative estimate of drug-likeness (QED) is 0.210. The number of hydrogen-bond donors (Lipinski definition) is 2. The molecule has 7 nitrogen and oxygen atoms in total. The summed E-state index contributed by atoms with van der Waals surface area (Å²) in [6.45, 7) is 6.23. The van der Waals surface area contributed by atoms with Crippen molar-refractivity contribution in [3.63, 3.8) is 0 Å². The van der Waals surface area contributed by atoms with E-state index in [4.69, 9.17) is 4.42 Å². The van der Waals surface area contributed by atoms with Gasteiger partial charge in [0.2, 0.25) is 5.89 Å². The Hall–Kier alpha value is -2.36. The SMILES string of the molecule is CCNC(=NCc1coc(-c2ccc(C)cc2)n1)NCCCc1cnn(C)c1.I. The normalized spacial score (nSPS) is 11.2. The lowest BCUT2D eigenvalue weighted by Gasteiger charge is -2.10. The first-order valence-corrected chi connectivity index (χ1v) is 9.65. The van der Waals surface area contributed by atoms with Gasteiger partial charge in [-0.15, -0.1) is 24.0 Å². The van der Waals surface area contributed by atoms with Crippen molar-refractivity contribution >= 4 is 29.9 Å². The second-order valence-corrected chi connectivity index (χ2v) is 6.76. The number of oxazole rings is 1. The molecule has 2 aromatic heterocycles. The average Bonchev–Trinajstić information content (AvgIpc) is 3.33. The minimum absolute atomic E-state index is 0. The van der Waals surface area contributed by atoms with Crippen LogP contribution in [0.1, 0.15) is 30.2 Å². The summed E-state index contributed by atoms with van der Waals surface area (Å²) in [4.78, 5) is 9.15. The number of aromatic nitrogens is 3. The lowest BCUT2D eigenvalue weighted by Crippen LogP contribution is -2.37. The number of nitrogens with one attached hydrogen (secondary N) is 2. The Morgan fingerprint density at radius 2 is 2.00 bits per heavy atom. The van der Waals surface area contributed by atoms with Crippen molar-refractivity contribution in [2.75, 3.05) is 13.1 Å². The van der Waals surface area contributed by atoms with E-state index < -0.39 is 0 Å². The van der Waals surface area contributed by atoms with Crippen molar-refractivity contribution in [2.45, 2.75) is 33.2 Å². The molecule has 0 aliphatic carbocycles. The van der Waals surface area contributed by atoms with Gasteiger partial charge in [0, 0.05) is 31.9 Å². The Morgan fingerprint density at radius 3 is 2.69 bits per heavy atom. The number of guanidine groups is 1. The molecule has 8 heteroatoms. The first kappa shape index (κ1) is 22.9. The Labute approximate surface area is 189 Å². The minimum Gasteiger partial charge on any atom is -0.444 e. The Balaban J connectivity index is 0.00000300. The molecule has 0 amide bonds. The lowest BCUT2D eigenvalue weighted by atomic mass is 10.1. The van der Waals surface area contributed by atoms with Crippen molar-refractivity contribution in [2.24, 2.45) is 12.0 Å². The van der Waals surface area contributed by atoms with Crippen molar-refractivity contribution in [1.29, 1.82) is 0 Å². The fraction of sp³-hybridized carbons (Fsp3) is 0.381. The Morgan fingerprint density at radius 1 is 1.21 bits per heavy atom. The van der Waals surface area contributed by atoms with Crippen LogP contribution in [0.3, 0.4) is 0 Å². The summed E-state index contributed by atoms with van der Waals surface area (Å²) < 4.78 is 7.43. The van der Waals surface area contributed by atoms with Gasteiger partial charge in [-0.25, -0.2) is 9.98 Å². The number of hydrogen-bond acceptors (Lipinski definition) is 4. The third kappa shape index (κ3) is 7.19. The van der Waals surface area contributed by atoms with Crippen LogP contribution < -0.4 is 10.6 Å². The van der Waals surface area contributed by atoms with E-state index in [1.807, 2.05) is 30.1 Å². The molecule has 156 valence electrons. The molecule has 2 N–H and O–H groups in total. The van der Waals surface area contributed by atoms with Gasteiger partial charge >= 0.3 is 0 Å². The van der Waals surface area contributed by atoms with Crippen LogP contribution in [0.25, 0.3) is 11.5 Å². The van der Waals surface area contributed by atoms with E-state index >= 15 is 0 Å². The van der Waals surface area contributed by atoms with Crippen LogP contribution >= 0.6 is 24.0 Å². The predicted octanol–water partition coefficient (Wildman–Crippen LogP) is 3.69. The van der Waals surface area contributed by atoms with Crippen LogP contribution in [0, 0.1) is 6.92 Å². The third-order valence-corrected chi connectivity index (χ3v) is 4.29. The van der Waals surface area contributed by atoms with Crippen LogP contribution in [0.5, 0.6) is 0 Å². The van der Waals surface area contributed by atoms with Crippen LogP contribution in [0.4, 0.5) is 0 Å². The third-order valence-electron chi connectivity index (χ3n) is 4.29. The van der Waals surface area contributed by atoms with E-state index in [-0.39, 0.29) is 24.0 Å². The average molecular weight is 508 g/mol. The molecule has 0 aliphatic rings. The van der Waals surface area contributed by atoms with E-state index in [1.165, 1.54) is 11.1 Å². The largest absolute Gasteiger partial charge is 0.444 e. The fourth-order valence-electron chi connectivity index (χ4n) is 2.81. The van der Waals surface area contributed by atoms with E-state index in [2.05, 4.69) is 57.9 Å². The molecule has 0 atom stereocenters. The van der Waals surface area contributed by atoms with Crippen molar-refractivity contribution < 1.29 is 4.42 Å². The van der Waals surface area contributed by atoms with Crippen LogP contribution in [-0.4, -0.2) is 33.8 Å². The Kier molecular flexibility index (Phi) is 9.17. The first-order valence-electron chi connectivity index (χ1n) is 9.65. The van der Waals surface area contributed by atoms with Gasteiger partial charge in [-0.3, -0.25) is 4.68 Å². The van der Waals surface area contributed by atoms with E-state index in [9.17, 15) is 0 Å². The molecule has 0 radical (unpaired) electrons. The van der Waals surface area contributed by atoms with E-state index in [1.54, 1.807) is 6.26 Å². The second kappa shape index (κ2) is 11.6. The van der Waals surface area contributed by atoms with Gasteiger partial charge in [-0.05, 0) is 44.4 Å². The summed E-state index contributed by atoms with van der Waals surface area (Å²) in [6, 6.07) is 8.14. The molecular formula is C21H29IN6O. The molecule has 0 saturated carbocycles. The number of aryl methyl sites for hydroxylation is 3. The topological polar surface area (TPSA) is 80.3 Å². The van der Waals surface area contributed by atoms with Gasteiger partial charge in [0.05, 0.1) is 12.7 Å². The zero-order chi connectivity index (χ0) is 19.8. The molecule has 0 aliphatic heterocycles. The summed E-state index contributed by atoms with van der Waals surface area (Å²) in [7, 11) is 1.94. The smallest absolute Gasteiger partial charge is 0.226 e. The summed E-state index contributed by atoms with van der Waals surface area (Å²) in [5.41, 5.74) is 4.24. The monoisotopic (exact) mass is 508 g/mol. The molecule has 3 rings (SSSR count). The summed E-state index contributed by atoms with van der Waals surface area (Å²) in [5.74, 6) is 1.41. The highest BCUT2D eigenvalue weighted by Gasteiger charge is 2.07. The minimum atomic E-state index is 0. The molecule has 0 unspecified atom stereocenters. The number of benzene rings is 1. The van der Waals surface area contributed by atoms with Crippen LogP contribution in [0.2, 0.25) is 0 Å². The van der Waals surface area contributed by atoms with Gasteiger partial charge in [0.25, 0.3) is 0 Å². The van der Waals surface area contributed by atoms with E-state index in [0.717, 1.165) is 43.1 Å². The Bertz CT molecular complexity index is 900. The lowest BCUT2D eigenvalue weighted by molar-refractivity contribution is 0.572. The van der Waals surface area contributed by atoms with Crippen molar-refractivity contribution in [1.82, 2.24) is 25.4 Å². The molecular weight excluding hydrogens is 479 g/mol. The first-order chi connectivity index (χ1) is 13.6. The molecule has 0 bridgehead atoms. The molecule has 1 aromatic carbocycles. The highest BCUT2D eigenvalue weighted by Crippen LogP contribution is 2.19. The number of nitrogens with zero attached hydrogens (tertiary/aromatic N) is 4. The number of aliphatic imine (C=N–C) groups is 1. The maximum Gasteiger partial charge on any atom is 0.226 e. The predicted molar refractivity (Wildman–Crippen MR) is 126 cm³/mol. The molecule has 2 heterocycles. The van der Waals surface area contributed by atoms with Crippen LogP contribution in [-0.2, 0) is 20.0 Å². The maximum atomic E-state index is 5.60. The maximum absolute atomic E-state index is 5.60. The zero-order valence-corrected chi connectivity index (χ0v) is 19.5. The highest BCUT2D eigenvalue weighted by molar-refractivity contribution is 14.0. The van der Waals surface area contributed by atoms with Gasteiger partial charge in [-0.1, -0.05) is 17.7 Å². The van der Waals surface area contributed by atoms with Crippen LogP contribution in [0.15, 0.2) is 52.3 Å². The molecule has 3 aromatic rings. The highest BCUT2D eigenvalue weighted by atomic mass is 127. The van der Waals surface area contributed by atoms with Gasteiger partial charge in [0.15, 0.2) is 5.96 Å². The fourth-order valence-corrected chi connectivity index (χ4v) is 2.81. The van der Waals surface area contributed by atoms with E-state index in [0.29, 0.717) is 12.4 Å². The molecule has 0 saturated heterocycles. The standard InChI is InChI=1S/C21H28N6O.HI/c1-4-22-21(23-11-5-6-17-12-25-27(3)14-17)24-13-19-15-28-20(26-19)18-9-7-16(2)8-10-18;/h7-10,12,14-15H,4-6,11,13H2,1-3H3,(H2,22,23,24);1H. The van der Waals surface area contributed by atoms with Gasteiger partial charge in [-0.2, -0.15) is 5.10 Å². The number of rotatable bonds is 8. The molecule has 0 fully saturated rings. The summed E-state index contributed by atoms with van der Waals surface area (Å²) in [6.07, 6.45) is 7.64. The number of halogens is 1. The van der Waals surface area contributed by atoms with Crippen molar-refractivity contribution in [3.05, 3.63) is 59.7 Å². The van der Waals surface area contributed by atoms with Crippen molar-refractivity contribution in [3.8, 4) is 11.5 Å². The summed E-state index contributed by atoms with van der Waals surface area (Å²) >= 11 is 0. The molecule has 0 spiro atoms. The van der Waals surface area contributed by atoms with Gasteiger partial charge in [0.1, 0.15) is 12.0 Å². The van der Waals surface area contributed by atoms with Gasteiger partial charge < -0.3 is 15.1 Å². The molecule has 29 heavy (non-hydrogen) atoms.